The first-order valence-electron chi connectivity index (χ1n) is 6.99. The van der Waals surface area contributed by atoms with Crippen molar-refractivity contribution in [1.29, 1.82) is 0 Å². The third kappa shape index (κ3) is 4.83. The van der Waals surface area contributed by atoms with Gasteiger partial charge in [-0.15, -0.1) is 0 Å². The van der Waals surface area contributed by atoms with Crippen molar-refractivity contribution >= 4 is 17.3 Å². The Morgan fingerprint density at radius 2 is 1.90 bits per heavy atom. The van der Waals surface area contributed by atoms with Crippen LogP contribution in [-0.2, 0) is 4.79 Å². The van der Waals surface area contributed by atoms with Crippen LogP contribution in [0.2, 0.25) is 0 Å². The maximum Gasteiger partial charge on any atom is 0.224 e. The highest BCUT2D eigenvalue weighted by Crippen LogP contribution is 2.23. The molecule has 0 aliphatic heterocycles. The van der Waals surface area contributed by atoms with Crippen molar-refractivity contribution in [1.82, 2.24) is 0 Å². The number of nitrogens with one attached hydrogen (secondary N) is 1. The molecule has 1 aromatic carbocycles. The number of carbonyl (C=O) groups is 1. The molecule has 0 atom stereocenters. The molecule has 0 spiro atoms. The van der Waals surface area contributed by atoms with E-state index in [4.69, 9.17) is 10.2 Å². The first-order valence-corrected chi connectivity index (χ1v) is 6.99. The van der Waals surface area contributed by atoms with Gasteiger partial charge in [-0.2, -0.15) is 0 Å². The van der Waals surface area contributed by atoms with Gasteiger partial charge in [0.1, 0.15) is 0 Å². The minimum Gasteiger partial charge on any atom is -0.395 e. The summed E-state index contributed by atoms with van der Waals surface area (Å²) >= 11 is 0. The zero-order valence-corrected chi connectivity index (χ0v) is 12.2. The Hall–Kier alpha value is -1.59. The van der Waals surface area contributed by atoms with E-state index in [-0.39, 0.29) is 19.1 Å². The van der Waals surface area contributed by atoms with E-state index in [1.807, 2.05) is 36.9 Å². The molecule has 20 heavy (non-hydrogen) atoms. The number of carbonyl (C=O) groups excluding carboxylic acids is 1. The number of anilines is 2. The van der Waals surface area contributed by atoms with Gasteiger partial charge in [-0.3, -0.25) is 4.79 Å². The number of hydrogen-bond donors (Lipinski definition) is 3. The number of nitrogens with zero attached hydrogens (tertiary/aromatic N) is 1. The second-order valence-corrected chi connectivity index (χ2v) is 4.73. The highest BCUT2D eigenvalue weighted by molar-refractivity contribution is 5.92. The maximum atomic E-state index is 11.7. The molecule has 0 aliphatic rings. The summed E-state index contributed by atoms with van der Waals surface area (Å²) in [6.45, 7) is 4.84. The predicted molar refractivity (Wildman–Crippen MR) is 81.1 cm³/mol. The molecule has 0 saturated heterocycles. The summed E-state index contributed by atoms with van der Waals surface area (Å²) < 4.78 is 0. The van der Waals surface area contributed by atoms with Crippen molar-refractivity contribution in [3.63, 3.8) is 0 Å². The van der Waals surface area contributed by atoms with E-state index in [1.165, 1.54) is 0 Å². The lowest BCUT2D eigenvalue weighted by molar-refractivity contribution is -0.116. The molecule has 0 heterocycles. The molecule has 3 N–H and O–H groups in total. The zero-order chi connectivity index (χ0) is 15.0. The number of aliphatic hydroxyl groups excluding tert-OH is 2. The predicted octanol–water partition coefficient (Wildman–Crippen LogP) is 1.52. The van der Waals surface area contributed by atoms with Gasteiger partial charge in [0.05, 0.1) is 13.2 Å². The Labute approximate surface area is 120 Å². The van der Waals surface area contributed by atoms with E-state index in [0.717, 1.165) is 23.4 Å². The summed E-state index contributed by atoms with van der Waals surface area (Å²) in [5, 5.41) is 21.0. The summed E-state index contributed by atoms with van der Waals surface area (Å²) in [6, 6.07) is 5.74. The van der Waals surface area contributed by atoms with Crippen LogP contribution in [0.15, 0.2) is 18.2 Å². The molecule has 1 amide bonds. The molecule has 1 rings (SSSR count). The largest absolute Gasteiger partial charge is 0.395 e. The highest BCUT2D eigenvalue weighted by atomic mass is 16.3. The van der Waals surface area contributed by atoms with Gasteiger partial charge in [-0.25, -0.2) is 0 Å². The average molecular weight is 280 g/mol. The standard InChI is InChI=1S/C15H24N2O3/c1-3-4-15(20)16-14-11-13(6-5-12(14)2)17(7-9-18)8-10-19/h5-6,11,18-19H,3-4,7-10H2,1-2H3,(H,16,20). The SMILES string of the molecule is CCCC(=O)Nc1cc(N(CCO)CCO)ccc1C. The van der Waals surface area contributed by atoms with Crippen LogP contribution < -0.4 is 10.2 Å². The van der Waals surface area contributed by atoms with Crippen molar-refractivity contribution in [3.05, 3.63) is 23.8 Å². The molecule has 0 saturated carbocycles. The maximum absolute atomic E-state index is 11.7. The van der Waals surface area contributed by atoms with Crippen LogP contribution >= 0.6 is 0 Å². The molecule has 1 aromatic rings. The number of aliphatic hydroxyl groups is 2. The van der Waals surface area contributed by atoms with E-state index in [2.05, 4.69) is 5.32 Å². The van der Waals surface area contributed by atoms with Crippen LogP contribution in [0.4, 0.5) is 11.4 Å². The lowest BCUT2D eigenvalue weighted by Crippen LogP contribution is -2.29. The zero-order valence-electron chi connectivity index (χ0n) is 12.2. The van der Waals surface area contributed by atoms with Crippen LogP contribution in [-0.4, -0.2) is 42.4 Å². The Balaban J connectivity index is 2.90. The Morgan fingerprint density at radius 1 is 1.25 bits per heavy atom. The topological polar surface area (TPSA) is 72.8 Å². The van der Waals surface area contributed by atoms with E-state index in [9.17, 15) is 4.79 Å². The molecular formula is C15H24N2O3. The number of aryl methyl sites for hydroxylation is 1. The van der Waals surface area contributed by atoms with Crippen molar-refractivity contribution in [2.75, 3.05) is 36.5 Å². The molecule has 0 aromatic heterocycles. The lowest BCUT2D eigenvalue weighted by Gasteiger charge is -2.24. The number of rotatable bonds is 8. The third-order valence-corrected chi connectivity index (χ3v) is 3.08. The van der Waals surface area contributed by atoms with Crippen molar-refractivity contribution in [3.8, 4) is 0 Å². The molecule has 112 valence electrons. The van der Waals surface area contributed by atoms with Crippen LogP contribution in [0.5, 0.6) is 0 Å². The molecular weight excluding hydrogens is 256 g/mol. The van der Waals surface area contributed by atoms with Gasteiger partial charge in [0.25, 0.3) is 0 Å². The molecule has 0 fully saturated rings. The van der Waals surface area contributed by atoms with Gasteiger partial charge in [0, 0.05) is 30.9 Å². The minimum atomic E-state index is 0.00335. The monoisotopic (exact) mass is 280 g/mol. The smallest absolute Gasteiger partial charge is 0.224 e. The quantitative estimate of drug-likeness (QED) is 0.675. The first-order chi connectivity index (χ1) is 9.62. The second-order valence-electron chi connectivity index (χ2n) is 4.73. The Bertz CT molecular complexity index is 429. The van der Waals surface area contributed by atoms with E-state index in [1.54, 1.807) is 0 Å². The van der Waals surface area contributed by atoms with E-state index >= 15 is 0 Å². The van der Waals surface area contributed by atoms with Gasteiger partial charge in [0.15, 0.2) is 0 Å². The molecule has 0 radical (unpaired) electrons. The average Bonchev–Trinajstić information content (AvgIpc) is 2.41. The van der Waals surface area contributed by atoms with Crippen LogP contribution in [0.3, 0.4) is 0 Å². The molecule has 0 aliphatic carbocycles. The fourth-order valence-electron chi connectivity index (χ4n) is 1.99. The first kappa shape index (κ1) is 16.5. The Kier molecular flexibility index (Phi) is 7.04. The third-order valence-electron chi connectivity index (χ3n) is 3.08. The normalized spacial score (nSPS) is 10.4. The number of benzene rings is 1. The van der Waals surface area contributed by atoms with Gasteiger partial charge in [-0.05, 0) is 31.0 Å². The fraction of sp³-hybridized carbons (Fsp3) is 0.533. The summed E-state index contributed by atoms with van der Waals surface area (Å²) in [5.41, 5.74) is 2.65. The van der Waals surface area contributed by atoms with Crippen LogP contribution in [0, 0.1) is 6.92 Å². The second kappa shape index (κ2) is 8.55. The summed E-state index contributed by atoms with van der Waals surface area (Å²) in [4.78, 5) is 13.6. The molecule has 5 nitrogen and oxygen atoms in total. The minimum absolute atomic E-state index is 0.00335. The summed E-state index contributed by atoms with van der Waals surface area (Å²) in [6.07, 6.45) is 1.31. The number of hydrogen-bond acceptors (Lipinski definition) is 4. The van der Waals surface area contributed by atoms with Crippen LogP contribution in [0.1, 0.15) is 25.3 Å². The van der Waals surface area contributed by atoms with E-state index in [0.29, 0.717) is 19.5 Å². The van der Waals surface area contributed by atoms with Gasteiger partial charge in [-0.1, -0.05) is 13.0 Å². The lowest BCUT2D eigenvalue weighted by atomic mass is 10.1. The molecule has 0 bridgehead atoms. The van der Waals surface area contributed by atoms with E-state index < -0.39 is 0 Å². The van der Waals surface area contributed by atoms with Crippen molar-refractivity contribution in [2.24, 2.45) is 0 Å². The van der Waals surface area contributed by atoms with Gasteiger partial charge >= 0.3 is 0 Å². The number of amides is 1. The van der Waals surface area contributed by atoms with Crippen molar-refractivity contribution < 1.29 is 15.0 Å². The molecule has 5 heteroatoms. The van der Waals surface area contributed by atoms with Crippen LogP contribution in [0.25, 0.3) is 0 Å². The van der Waals surface area contributed by atoms with Crippen molar-refractivity contribution in [2.45, 2.75) is 26.7 Å². The van der Waals surface area contributed by atoms with Gasteiger partial charge in [0.2, 0.25) is 5.91 Å². The highest BCUT2D eigenvalue weighted by Gasteiger charge is 2.09. The Morgan fingerprint density at radius 3 is 2.45 bits per heavy atom. The van der Waals surface area contributed by atoms with Gasteiger partial charge < -0.3 is 20.4 Å². The fourth-order valence-corrected chi connectivity index (χ4v) is 1.99. The summed E-state index contributed by atoms with van der Waals surface area (Å²) in [5.74, 6) is 0.00335. The summed E-state index contributed by atoms with van der Waals surface area (Å²) in [7, 11) is 0. The molecule has 0 unspecified atom stereocenters.